The summed E-state index contributed by atoms with van der Waals surface area (Å²) in [5, 5.41) is 41.6. The standard InChI is InChI=1S/C31H48O7/c1-15(2)26-22-10-21-16(3)20-9-25(38-29-28(36)27(35)24(34)13-37-29)17(4)19(20)8-7-18(12-32)31(21,6)14-30(22,5)11-23(26)33/h7,12,15,17,19,21-29,33-36H,8-11,13-14H2,1-6H3/b18-7-,20-16-/t17-,19-,21+,22-,23+,24-,25-,26-,27-,28+,29+,30+,31+/m0/s1. The fraction of sp³-hybridized carbons (Fsp3) is 0.839. The third-order valence-corrected chi connectivity index (χ3v) is 11.5. The van der Waals surface area contributed by atoms with Gasteiger partial charge in [0.2, 0.25) is 0 Å². The Morgan fingerprint density at radius 3 is 2.50 bits per heavy atom. The van der Waals surface area contributed by atoms with Gasteiger partial charge in [-0.25, -0.2) is 0 Å². The zero-order valence-electron chi connectivity index (χ0n) is 23.8. The molecule has 4 aliphatic carbocycles. The molecular formula is C31H48O7. The highest BCUT2D eigenvalue weighted by Gasteiger charge is 2.60. The van der Waals surface area contributed by atoms with Crippen molar-refractivity contribution in [3.8, 4) is 0 Å². The van der Waals surface area contributed by atoms with Gasteiger partial charge in [-0.1, -0.05) is 51.8 Å². The van der Waals surface area contributed by atoms with Gasteiger partial charge in [0.1, 0.15) is 24.6 Å². The zero-order chi connectivity index (χ0) is 27.7. The first kappa shape index (κ1) is 28.4. The van der Waals surface area contributed by atoms with E-state index in [-0.39, 0.29) is 53.3 Å². The molecule has 0 aromatic rings. The first-order chi connectivity index (χ1) is 17.8. The first-order valence-electron chi connectivity index (χ1n) is 14.7. The van der Waals surface area contributed by atoms with Crippen LogP contribution in [0.3, 0.4) is 0 Å². The SMILES string of the molecule is C/C1=C2\C[C@H](O[C@H]3OC[C@H](O)[C@H](O)[C@H]3O)[C@@H](C)[C@@H]2C/C=C(/C=O)[C@@]2(C)C[C@@]3(C)C[C@@H](O)[C@@H](C(C)C)[C@@H]3C[C@H]12. The Labute approximate surface area is 227 Å². The number of hydrogen-bond donors (Lipinski definition) is 4. The minimum atomic E-state index is -1.31. The lowest BCUT2D eigenvalue weighted by atomic mass is 9.49. The quantitative estimate of drug-likeness (QED) is 0.324. The molecule has 13 atom stereocenters. The average molecular weight is 533 g/mol. The lowest BCUT2D eigenvalue weighted by Gasteiger charge is -2.54. The third-order valence-electron chi connectivity index (χ3n) is 11.5. The van der Waals surface area contributed by atoms with Crippen molar-refractivity contribution in [2.24, 2.45) is 46.3 Å². The molecule has 1 aliphatic heterocycles. The predicted octanol–water partition coefficient (Wildman–Crippen LogP) is 3.39. The number of carbonyl (C=O) groups excluding carboxylic acids is 1. The molecule has 0 radical (unpaired) electrons. The molecule has 1 heterocycles. The number of hydrogen-bond acceptors (Lipinski definition) is 7. The Hall–Kier alpha value is -1.09. The molecule has 1 saturated heterocycles. The van der Waals surface area contributed by atoms with Crippen molar-refractivity contribution in [2.45, 2.75) is 110 Å². The van der Waals surface area contributed by atoms with Gasteiger partial charge in [0.05, 0.1) is 18.8 Å². The molecule has 0 spiro atoms. The average Bonchev–Trinajstić information content (AvgIpc) is 3.29. The van der Waals surface area contributed by atoms with Crippen molar-refractivity contribution in [2.75, 3.05) is 6.61 Å². The minimum absolute atomic E-state index is 0.000275. The maximum atomic E-state index is 12.6. The third kappa shape index (κ3) is 4.36. The fourth-order valence-electron chi connectivity index (χ4n) is 9.56. The first-order valence-corrected chi connectivity index (χ1v) is 14.7. The van der Waals surface area contributed by atoms with E-state index in [4.69, 9.17) is 9.47 Å². The van der Waals surface area contributed by atoms with Crippen molar-refractivity contribution < 1.29 is 34.7 Å². The van der Waals surface area contributed by atoms with E-state index >= 15 is 0 Å². The van der Waals surface area contributed by atoms with Gasteiger partial charge in [-0.05, 0) is 85.5 Å². The van der Waals surface area contributed by atoms with E-state index in [0.29, 0.717) is 11.8 Å². The van der Waals surface area contributed by atoms with Crippen LogP contribution in [0.5, 0.6) is 0 Å². The molecule has 0 amide bonds. The number of fused-ring (bicyclic) bond motifs is 3. The topological polar surface area (TPSA) is 116 Å². The molecule has 3 saturated carbocycles. The second-order valence-electron chi connectivity index (χ2n) is 14.1. The van der Waals surface area contributed by atoms with E-state index in [1.165, 1.54) is 11.1 Å². The summed E-state index contributed by atoms with van der Waals surface area (Å²) in [6.45, 7) is 13.4. The summed E-state index contributed by atoms with van der Waals surface area (Å²) in [6, 6.07) is 0. The summed E-state index contributed by atoms with van der Waals surface area (Å²) in [4.78, 5) is 12.6. The fourth-order valence-corrected chi connectivity index (χ4v) is 9.56. The molecule has 4 fully saturated rings. The van der Waals surface area contributed by atoms with Crippen LogP contribution >= 0.6 is 0 Å². The second-order valence-corrected chi connectivity index (χ2v) is 14.1. The number of aliphatic hydroxyl groups is 4. The summed E-state index contributed by atoms with van der Waals surface area (Å²) in [5.41, 5.74) is 3.34. The largest absolute Gasteiger partial charge is 0.393 e. The smallest absolute Gasteiger partial charge is 0.186 e. The minimum Gasteiger partial charge on any atom is -0.393 e. The lowest BCUT2D eigenvalue weighted by Crippen LogP contribution is -2.54. The van der Waals surface area contributed by atoms with E-state index in [1.807, 2.05) is 0 Å². The number of allylic oxidation sites excluding steroid dienone is 3. The molecule has 214 valence electrons. The molecule has 0 aromatic carbocycles. The van der Waals surface area contributed by atoms with Gasteiger partial charge in [-0.3, -0.25) is 4.79 Å². The molecule has 38 heavy (non-hydrogen) atoms. The van der Waals surface area contributed by atoms with Crippen molar-refractivity contribution in [1.82, 2.24) is 0 Å². The highest BCUT2D eigenvalue weighted by molar-refractivity contribution is 5.76. The van der Waals surface area contributed by atoms with Crippen LogP contribution < -0.4 is 0 Å². The highest BCUT2D eigenvalue weighted by Crippen LogP contribution is 2.66. The molecule has 7 heteroatoms. The number of aliphatic hydroxyl groups excluding tert-OH is 4. The van der Waals surface area contributed by atoms with Crippen LogP contribution in [0, 0.1) is 46.3 Å². The van der Waals surface area contributed by atoms with Crippen molar-refractivity contribution in [3.63, 3.8) is 0 Å². The van der Waals surface area contributed by atoms with E-state index in [9.17, 15) is 25.2 Å². The maximum Gasteiger partial charge on any atom is 0.186 e. The molecule has 0 aromatic heterocycles. The van der Waals surface area contributed by atoms with Gasteiger partial charge in [-0.2, -0.15) is 0 Å². The van der Waals surface area contributed by atoms with E-state index in [1.54, 1.807) is 0 Å². The molecule has 0 bridgehead atoms. The normalized spacial score (nSPS) is 54.4. The summed E-state index contributed by atoms with van der Waals surface area (Å²) < 4.78 is 11.9. The van der Waals surface area contributed by atoms with Crippen LogP contribution in [-0.4, -0.2) is 70.1 Å². The zero-order valence-corrected chi connectivity index (χ0v) is 23.8. The summed E-state index contributed by atoms with van der Waals surface area (Å²) >= 11 is 0. The number of rotatable bonds is 4. The highest BCUT2D eigenvalue weighted by atomic mass is 16.7. The molecule has 4 N–H and O–H groups in total. The van der Waals surface area contributed by atoms with Gasteiger partial charge >= 0.3 is 0 Å². The molecular weight excluding hydrogens is 484 g/mol. The Kier molecular flexibility index (Phi) is 7.54. The van der Waals surface area contributed by atoms with Crippen LogP contribution in [-0.2, 0) is 14.3 Å². The summed E-state index contributed by atoms with van der Waals surface area (Å²) in [7, 11) is 0. The predicted molar refractivity (Wildman–Crippen MR) is 143 cm³/mol. The monoisotopic (exact) mass is 532 g/mol. The Bertz CT molecular complexity index is 989. The van der Waals surface area contributed by atoms with E-state index in [0.717, 1.165) is 44.0 Å². The summed E-state index contributed by atoms with van der Waals surface area (Å²) in [5.74, 6) is 1.63. The van der Waals surface area contributed by atoms with Crippen LogP contribution in [0.4, 0.5) is 0 Å². The Morgan fingerprint density at radius 2 is 1.84 bits per heavy atom. The van der Waals surface area contributed by atoms with E-state index < -0.39 is 24.6 Å². The number of carbonyl (C=O) groups is 1. The van der Waals surface area contributed by atoms with Gasteiger partial charge in [0, 0.05) is 5.41 Å². The van der Waals surface area contributed by atoms with E-state index in [2.05, 4.69) is 47.6 Å². The van der Waals surface area contributed by atoms with Crippen LogP contribution in [0.15, 0.2) is 22.8 Å². The molecule has 5 rings (SSSR count). The molecule has 7 nitrogen and oxygen atoms in total. The van der Waals surface area contributed by atoms with Crippen LogP contribution in [0.1, 0.15) is 73.6 Å². The van der Waals surface area contributed by atoms with Crippen molar-refractivity contribution >= 4 is 6.29 Å². The lowest BCUT2D eigenvalue weighted by molar-refractivity contribution is -0.285. The van der Waals surface area contributed by atoms with Crippen LogP contribution in [0.2, 0.25) is 0 Å². The molecule has 0 unspecified atom stereocenters. The van der Waals surface area contributed by atoms with Gasteiger partial charge < -0.3 is 29.9 Å². The number of aldehydes is 1. The summed E-state index contributed by atoms with van der Waals surface area (Å²) in [6.07, 6.45) is 2.15. The van der Waals surface area contributed by atoms with Gasteiger partial charge in [-0.15, -0.1) is 0 Å². The number of ether oxygens (including phenoxy) is 2. The Balaban J connectivity index is 1.48. The second kappa shape index (κ2) is 10.1. The van der Waals surface area contributed by atoms with Crippen molar-refractivity contribution in [3.05, 3.63) is 22.8 Å². The van der Waals surface area contributed by atoms with Crippen LogP contribution in [0.25, 0.3) is 0 Å². The Morgan fingerprint density at radius 1 is 1.13 bits per heavy atom. The van der Waals surface area contributed by atoms with Gasteiger partial charge in [0.25, 0.3) is 0 Å². The van der Waals surface area contributed by atoms with Crippen molar-refractivity contribution in [1.29, 1.82) is 0 Å². The van der Waals surface area contributed by atoms with Gasteiger partial charge in [0.15, 0.2) is 6.29 Å². The maximum absolute atomic E-state index is 12.6. The molecule has 5 aliphatic rings.